The quantitative estimate of drug-likeness (QED) is 0.733. The van der Waals surface area contributed by atoms with Crippen molar-refractivity contribution in [3.63, 3.8) is 0 Å². The number of rotatable bonds is 7. The van der Waals surface area contributed by atoms with Crippen LogP contribution in [0.5, 0.6) is 0 Å². The van der Waals surface area contributed by atoms with Gasteiger partial charge in [0, 0.05) is 38.1 Å². The number of pyridine rings is 1. The monoisotopic (exact) mass is 384 g/mol. The van der Waals surface area contributed by atoms with Crippen molar-refractivity contribution in [1.82, 2.24) is 20.1 Å². The van der Waals surface area contributed by atoms with Gasteiger partial charge in [0.05, 0.1) is 5.92 Å². The van der Waals surface area contributed by atoms with E-state index in [-0.39, 0.29) is 11.8 Å². The van der Waals surface area contributed by atoms with Gasteiger partial charge in [-0.25, -0.2) is 0 Å². The zero-order valence-corrected chi connectivity index (χ0v) is 17.6. The minimum absolute atomic E-state index is 0.126. The van der Waals surface area contributed by atoms with Gasteiger partial charge in [-0.1, -0.05) is 17.7 Å². The first-order valence-electron chi connectivity index (χ1n) is 10.9. The van der Waals surface area contributed by atoms with Crippen molar-refractivity contribution >= 4 is 5.91 Å². The van der Waals surface area contributed by atoms with Gasteiger partial charge >= 0.3 is 0 Å². The molecule has 154 valence electrons. The van der Waals surface area contributed by atoms with Crippen molar-refractivity contribution in [1.29, 1.82) is 0 Å². The fourth-order valence-corrected chi connectivity index (χ4v) is 4.43. The molecule has 1 aromatic rings. The number of piperidine rings is 2. The standard InChI is InChI=1S/C23H36N4O/c1-19(2)6-4-12-26-14-9-22(10-15-26)27-13-5-8-21(18-27)23(28)25-17-20-7-3-11-24-16-20/h3,6-7,11,16,21-22H,4-5,8-10,12-15,17-18H2,1-2H3,(H,25,28)/t21-/m0/s1. The molecule has 1 aromatic heterocycles. The highest BCUT2D eigenvalue weighted by molar-refractivity contribution is 5.78. The number of nitrogens with zero attached hydrogens (tertiary/aromatic N) is 3. The highest BCUT2D eigenvalue weighted by Gasteiger charge is 2.31. The SMILES string of the molecule is CC(C)=CCCN1CCC(N2CCC[C@H](C(=O)NCc3cccnc3)C2)CC1. The molecule has 2 fully saturated rings. The number of amides is 1. The Morgan fingerprint density at radius 3 is 2.79 bits per heavy atom. The van der Waals surface area contributed by atoms with Crippen molar-refractivity contribution in [2.24, 2.45) is 5.92 Å². The van der Waals surface area contributed by atoms with Gasteiger partial charge < -0.3 is 10.2 Å². The largest absolute Gasteiger partial charge is 0.352 e. The second kappa shape index (κ2) is 10.7. The third kappa shape index (κ3) is 6.42. The van der Waals surface area contributed by atoms with Gasteiger partial charge in [0.25, 0.3) is 0 Å². The van der Waals surface area contributed by atoms with E-state index >= 15 is 0 Å². The number of carbonyl (C=O) groups is 1. The van der Waals surface area contributed by atoms with E-state index in [1.807, 2.05) is 18.3 Å². The summed E-state index contributed by atoms with van der Waals surface area (Å²) < 4.78 is 0. The molecule has 1 atom stereocenters. The van der Waals surface area contributed by atoms with Gasteiger partial charge in [-0.3, -0.25) is 14.7 Å². The lowest BCUT2D eigenvalue weighted by Gasteiger charge is -2.42. The number of hydrogen-bond acceptors (Lipinski definition) is 4. The maximum absolute atomic E-state index is 12.7. The summed E-state index contributed by atoms with van der Waals surface area (Å²) in [5.41, 5.74) is 2.47. The topological polar surface area (TPSA) is 48.5 Å². The van der Waals surface area contributed by atoms with E-state index < -0.39 is 0 Å². The molecule has 0 saturated carbocycles. The predicted octanol–water partition coefficient (Wildman–Crippen LogP) is 3.23. The lowest BCUT2D eigenvalue weighted by atomic mass is 9.93. The highest BCUT2D eigenvalue weighted by atomic mass is 16.1. The summed E-state index contributed by atoms with van der Waals surface area (Å²) in [6.45, 7) is 10.5. The Bertz CT molecular complexity index is 633. The molecule has 5 nitrogen and oxygen atoms in total. The fraction of sp³-hybridized carbons (Fsp3) is 0.652. The Balaban J connectivity index is 1.41. The summed E-state index contributed by atoms with van der Waals surface area (Å²) in [7, 11) is 0. The highest BCUT2D eigenvalue weighted by Crippen LogP contribution is 2.24. The average molecular weight is 385 g/mol. The first-order chi connectivity index (χ1) is 13.6. The normalized spacial score (nSPS) is 22.0. The van der Waals surface area contributed by atoms with Gasteiger partial charge in [-0.2, -0.15) is 0 Å². The molecule has 2 aliphatic rings. The number of hydrogen-bond donors (Lipinski definition) is 1. The number of nitrogens with one attached hydrogen (secondary N) is 1. The van der Waals surface area contributed by atoms with E-state index in [9.17, 15) is 4.79 Å². The first kappa shape index (κ1) is 21.0. The molecular weight excluding hydrogens is 348 g/mol. The van der Waals surface area contributed by atoms with E-state index in [2.05, 4.69) is 40.0 Å². The van der Waals surface area contributed by atoms with Crippen LogP contribution in [0.1, 0.15) is 51.5 Å². The molecule has 1 N–H and O–H groups in total. The minimum Gasteiger partial charge on any atom is -0.352 e. The third-order valence-corrected chi connectivity index (χ3v) is 6.08. The Kier molecular flexibility index (Phi) is 8.04. The van der Waals surface area contributed by atoms with Crippen LogP contribution >= 0.6 is 0 Å². The molecule has 0 bridgehead atoms. The van der Waals surface area contributed by atoms with E-state index in [4.69, 9.17) is 0 Å². The van der Waals surface area contributed by atoms with Crippen LogP contribution in [0, 0.1) is 5.92 Å². The molecular formula is C23H36N4O. The van der Waals surface area contributed by atoms with Crippen molar-refractivity contribution in [2.45, 2.75) is 58.5 Å². The van der Waals surface area contributed by atoms with Crippen molar-refractivity contribution < 1.29 is 4.79 Å². The summed E-state index contributed by atoms with van der Waals surface area (Å²) in [4.78, 5) is 22.0. The summed E-state index contributed by atoms with van der Waals surface area (Å²) in [6.07, 6.45) is 11.7. The number of carbonyl (C=O) groups excluding carboxylic acids is 1. The minimum atomic E-state index is 0.126. The summed E-state index contributed by atoms with van der Waals surface area (Å²) in [5.74, 6) is 0.328. The Hall–Kier alpha value is -1.72. The molecule has 5 heteroatoms. The van der Waals surface area contributed by atoms with Crippen LogP contribution in [-0.2, 0) is 11.3 Å². The molecule has 0 aromatic carbocycles. The Morgan fingerprint density at radius 1 is 1.25 bits per heavy atom. The second-order valence-electron chi connectivity index (χ2n) is 8.56. The average Bonchev–Trinajstić information content (AvgIpc) is 2.73. The van der Waals surface area contributed by atoms with Gasteiger partial charge in [0.1, 0.15) is 0 Å². The molecule has 3 heterocycles. The van der Waals surface area contributed by atoms with Crippen LogP contribution in [0.3, 0.4) is 0 Å². The van der Waals surface area contributed by atoms with E-state index in [0.29, 0.717) is 12.6 Å². The second-order valence-corrected chi connectivity index (χ2v) is 8.56. The molecule has 0 spiro atoms. The molecule has 0 unspecified atom stereocenters. The van der Waals surface area contributed by atoms with Crippen LogP contribution in [0.4, 0.5) is 0 Å². The van der Waals surface area contributed by atoms with E-state index in [1.54, 1.807) is 6.20 Å². The first-order valence-corrected chi connectivity index (χ1v) is 10.9. The Morgan fingerprint density at radius 2 is 2.07 bits per heavy atom. The Labute approximate surface area is 170 Å². The molecule has 2 aliphatic heterocycles. The van der Waals surface area contributed by atoms with E-state index in [1.165, 1.54) is 38.0 Å². The van der Waals surface area contributed by atoms with Crippen LogP contribution in [-0.4, -0.2) is 59.5 Å². The fourth-order valence-electron chi connectivity index (χ4n) is 4.43. The molecule has 28 heavy (non-hydrogen) atoms. The van der Waals surface area contributed by atoms with Crippen LogP contribution in [0.2, 0.25) is 0 Å². The van der Waals surface area contributed by atoms with Gasteiger partial charge in [0.2, 0.25) is 5.91 Å². The molecule has 0 aliphatic carbocycles. The summed E-state index contributed by atoms with van der Waals surface area (Å²) in [6, 6.07) is 4.57. The summed E-state index contributed by atoms with van der Waals surface area (Å²) in [5, 5.41) is 3.11. The third-order valence-electron chi connectivity index (χ3n) is 6.08. The maximum atomic E-state index is 12.7. The van der Waals surface area contributed by atoms with Gasteiger partial charge in [-0.05, 0) is 77.2 Å². The maximum Gasteiger partial charge on any atom is 0.224 e. The smallest absolute Gasteiger partial charge is 0.224 e. The van der Waals surface area contributed by atoms with Gasteiger partial charge in [0.15, 0.2) is 0 Å². The zero-order valence-electron chi connectivity index (χ0n) is 17.6. The summed E-state index contributed by atoms with van der Waals surface area (Å²) >= 11 is 0. The lowest BCUT2D eigenvalue weighted by molar-refractivity contribution is -0.127. The molecule has 1 amide bonds. The number of aromatic nitrogens is 1. The zero-order chi connectivity index (χ0) is 19.8. The number of allylic oxidation sites excluding steroid dienone is 1. The van der Waals surface area contributed by atoms with Crippen molar-refractivity contribution in [3.05, 3.63) is 41.7 Å². The molecule has 0 radical (unpaired) electrons. The van der Waals surface area contributed by atoms with Crippen LogP contribution in [0.25, 0.3) is 0 Å². The van der Waals surface area contributed by atoms with Gasteiger partial charge in [-0.15, -0.1) is 0 Å². The van der Waals surface area contributed by atoms with Crippen LogP contribution in [0.15, 0.2) is 36.2 Å². The van der Waals surface area contributed by atoms with E-state index in [0.717, 1.165) is 37.9 Å². The molecule has 3 rings (SSSR count). The number of likely N-dealkylation sites (tertiary alicyclic amines) is 2. The van der Waals surface area contributed by atoms with Crippen molar-refractivity contribution in [3.8, 4) is 0 Å². The predicted molar refractivity (Wildman–Crippen MR) is 114 cm³/mol. The van der Waals surface area contributed by atoms with Crippen molar-refractivity contribution in [2.75, 3.05) is 32.7 Å². The van der Waals surface area contributed by atoms with Crippen LogP contribution < -0.4 is 5.32 Å². The lowest BCUT2D eigenvalue weighted by Crippen LogP contribution is -2.50. The molecule has 2 saturated heterocycles.